The molecule has 8 heteroatoms. The molecule has 1 fully saturated rings. The van der Waals surface area contributed by atoms with E-state index < -0.39 is 29.7 Å². The lowest BCUT2D eigenvalue weighted by Crippen LogP contribution is -2.66. The molecule has 0 radical (unpaired) electrons. The minimum atomic E-state index is -1.75. The van der Waals surface area contributed by atoms with Crippen LogP contribution in [0.25, 0.3) is 11.1 Å². The molecule has 2 aromatic rings. The summed E-state index contributed by atoms with van der Waals surface area (Å²) in [4.78, 5) is 39.6. The van der Waals surface area contributed by atoms with Crippen LogP contribution in [0, 0.1) is 0 Å². The molecular formula is C22H22N2O6. The first-order chi connectivity index (χ1) is 14.4. The molecule has 156 valence electrons. The first-order valence-corrected chi connectivity index (χ1v) is 9.67. The lowest BCUT2D eigenvalue weighted by Gasteiger charge is -2.47. The van der Waals surface area contributed by atoms with E-state index >= 15 is 0 Å². The molecule has 2 amide bonds. The lowest BCUT2D eigenvalue weighted by molar-refractivity contribution is -0.155. The summed E-state index contributed by atoms with van der Waals surface area (Å²) in [7, 11) is 1.20. The topological polar surface area (TPSA) is 107 Å². The number of nitrogens with zero attached hydrogens (tertiary/aromatic N) is 2. The van der Waals surface area contributed by atoms with Crippen LogP contribution in [0.5, 0.6) is 0 Å². The molecule has 2 aromatic carbocycles. The highest BCUT2D eigenvalue weighted by molar-refractivity contribution is 5.88. The highest BCUT2D eigenvalue weighted by Gasteiger charge is 2.55. The first-order valence-electron chi connectivity index (χ1n) is 9.67. The van der Waals surface area contributed by atoms with E-state index in [2.05, 4.69) is 0 Å². The monoisotopic (exact) mass is 410 g/mol. The van der Waals surface area contributed by atoms with Gasteiger partial charge in [0, 0.05) is 6.54 Å². The molecule has 0 saturated carbocycles. The summed E-state index contributed by atoms with van der Waals surface area (Å²) in [5.74, 6) is -1.25. The maximum atomic E-state index is 13.1. The largest absolute Gasteiger partial charge is 0.479 e. The van der Waals surface area contributed by atoms with Gasteiger partial charge in [-0.2, -0.15) is 0 Å². The fourth-order valence-corrected chi connectivity index (χ4v) is 4.71. The van der Waals surface area contributed by atoms with E-state index in [0.717, 1.165) is 27.2 Å². The van der Waals surface area contributed by atoms with Crippen LogP contribution in [-0.4, -0.2) is 63.9 Å². The fraction of sp³-hybridized carbons (Fsp3) is 0.318. The number of benzene rings is 2. The molecule has 2 aliphatic rings. The molecule has 1 atom stereocenters. The minimum absolute atomic E-state index is 0.127. The Bertz CT molecular complexity index is 977. The van der Waals surface area contributed by atoms with Crippen molar-refractivity contribution in [2.24, 2.45) is 0 Å². The Morgan fingerprint density at radius 2 is 1.60 bits per heavy atom. The van der Waals surface area contributed by atoms with Crippen LogP contribution in [0.1, 0.15) is 30.0 Å². The molecule has 8 nitrogen and oxygen atoms in total. The summed E-state index contributed by atoms with van der Waals surface area (Å²) in [5, 5.41) is 19.8. The number of piperidine rings is 1. The van der Waals surface area contributed by atoms with Crippen molar-refractivity contribution in [3.63, 3.8) is 0 Å². The summed E-state index contributed by atoms with van der Waals surface area (Å²) in [6.45, 7) is -0.106. The SMILES string of the molecule is COC(=O)N(C1c2ccccc2-c2ccccc21)C1(C(=O)O)CCCN(C(=O)O)C1. The van der Waals surface area contributed by atoms with Gasteiger partial charge in [0.05, 0.1) is 19.7 Å². The van der Waals surface area contributed by atoms with Crippen LogP contribution in [0.2, 0.25) is 0 Å². The molecule has 0 bridgehead atoms. The maximum Gasteiger partial charge on any atom is 0.411 e. The number of likely N-dealkylation sites (tertiary alicyclic amines) is 1. The summed E-state index contributed by atoms with van der Waals surface area (Å²) >= 11 is 0. The zero-order valence-corrected chi connectivity index (χ0v) is 16.4. The van der Waals surface area contributed by atoms with Crippen LogP contribution < -0.4 is 0 Å². The number of hydrogen-bond acceptors (Lipinski definition) is 4. The average molecular weight is 410 g/mol. The summed E-state index contributed by atoms with van der Waals surface area (Å²) in [5.41, 5.74) is 1.66. The number of amides is 2. The quantitative estimate of drug-likeness (QED) is 0.803. The van der Waals surface area contributed by atoms with Gasteiger partial charge in [0.1, 0.15) is 0 Å². The summed E-state index contributed by atoms with van der Waals surface area (Å²) in [6, 6.07) is 14.3. The van der Waals surface area contributed by atoms with Gasteiger partial charge in [0.2, 0.25) is 0 Å². The minimum Gasteiger partial charge on any atom is -0.479 e. The molecular weight excluding hydrogens is 388 g/mol. The Labute approximate surface area is 173 Å². The first kappa shape index (κ1) is 19.8. The highest BCUT2D eigenvalue weighted by atomic mass is 16.5. The standard InChI is InChI=1S/C22H22N2O6/c1-30-21(29)24(22(19(25)26)11-6-12-23(13-22)20(27)28)18-16-9-4-2-7-14(16)15-8-3-5-10-17(15)18/h2-5,7-10,18H,6,11-13H2,1H3,(H,25,26)(H,27,28). The van der Waals surface area contributed by atoms with Crippen molar-refractivity contribution in [3.8, 4) is 11.1 Å². The smallest absolute Gasteiger partial charge is 0.411 e. The van der Waals surface area contributed by atoms with Crippen LogP contribution in [0.3, 0.4) is 0 Å². The van der Waals surface area contributed by atoms with Crippen molar-refractivity contribution in [3.05, 3.63) is 59.7 Å². The van der Waals surface area contributed by atoms with Crippen molar-refractivity contribution in [2.75, 3.05) is 20.2 Å². The van der Waals surface area contributed by atoms with E-state index in [1.807, 2.05) is 48.5 Å². The molecule has 4 rings (SSSR count). The van der Waals surface area contributed by atoms with Gasteiger partial charge in [0.15, 0.2) is 5.54 Å². The van der Waals surface area contributed by atoms with Crippen molar-refractivity contribution in [1.82, 2.24) is 9.80 Å². The predicted octanol–water partition coefficient (Wildman–Crippen LogP) is 3.42. The predicted molar refractivity (Wildman–Crippen MR) is 107 cm³/mol. The molecule has 2 N–H and O–H groups in total. The average Bonchev–Trinajstić information content (AvgIpc) is 3.08. The van der Waals surface area contributed by atoms with E-state index in [1.165, 1.54) is 12.0 Å². The molecule has 1 saturated heterocycles. The number of carboxylic acid groups (broad SMARTS) is 2. The number of rotatable bonds is 3. The van der Waals surface area contributed by atoms with Gasteiger partial charge in [-0.05, 0) is 35.1 Å². The lowest BCUT2D eigenvalue weighted by atomic mass is 9.84. The third-order valence-electron chi connectivity index (χ3n) is 6.03. The number of methoxy groups -OCH3 is 1. The maximum absolute atomic E-state index is 13.1. The molecule has 0 aromatic heterocycles. The molecule has 1 heterocycles. The molecule has 1 unspecified atom stereocenters. The fourth-order valence-electron chi connectivity index (χ4n) is 4.71. The van der Waals surface area contributed by atoms with E-state index in [9.17, 15) is 24.6 Å². The van der Waals surface area contributed by atoms with Gasteiger partial charge in [-0.1, -0.05) is 48.5 Å². The normalized spacial score (nSPS) is 20.2. The zero-order valence-electron chi connectivity index (χ0n) is 16.4. The number of carbonyl (C=O) groups excluding carboxylic acids is 1. The van der Waals surface area contributed by atoms with Crippen molar-refractivity contribution in [1.29, 1.82) is 0 Å². The Morgan fingerprint density at radius 3 is 2.10 bits per heavy atom. The number of carbonyl (C=O) groups is 3. The van der Waals surface area contributed by atoms with Crippen LogP contribution >= 0.6 is 0 Å². The van der Waals surface area contributed by atoms with Crippen molar-refractivity contribution in [2.45, 2.75) is 24.4 Å². The Kier molecular flexibility index (Phi) is 4.85. The second-order valence-electron chi connectivity index (χ2n) is 7.56. The second kappa shape index (κ2) is 7.37. The number of hydrogen-bond donors (Lipinski definition) is 2. The number of aliphatic carboxylic acids is 1. The van der Waals surface area contributed by atoms with Crippen LogP contribution in [0.4, 0.5) is 9.59 Å². The summed E-state index contributed by atoms with van der Waals surface area (Å²) in [6.07, 6.45) is -1.57. The van der Waals surface area contributed by atoms with E-state index in [1.54, 1.807) is 0 Å². The van der Waals surface area contributed by atoms with Crippen LogP contribution in [0.15, 0.2) is 48.5 Å². The highest BCUT2D eigenvalue weighted by Crippen LogP contribution is 2.49. The Balaban J connectivity index is 1.93. The molecule has 30 heavy (non-hydrogen) atoms. The van der Waals surface area contributed by atoms with Crippen LogP contribution in [-0.2, 0) is 9.53 Å². The Hall–Kier alpha value is -3.55. The van der Waals surface area contributed by atoms with Gasteiger partial charge in [0.25, 0.3) is 0 Å². The van der Waals surface area contributed by atoms with Crippen molar-refractivity contribution >= 4 is 18.2 Å². The molecule has 0 spiro atoms. The van der Waals surface area contributed by atoms with E-state index in [0.29, 0.717) is 6.42 Å². The van der Waals surface area contributed by atoms with Gasteiger partial charge in [-0.15, -0.1) is 0 Å². The molecule has 1 aliphatic heterocycles. The second-order valence-corrected chi connectivity index (χ2v) is 7.56. The number of fused-ring (bicyclic) bond motifs is 3. The third-order valence-corrected chi connectivity index (χ3v) is 6.03. The Morgan fingerprint density at radius 1 is 1.03 bits per heavy atom. The van der Waals surface area contributed by atoms with E-state index in [4.69, 9.17) is 4.74 Å². The van der Waals surface area contributed by atoms with Crippen molar-refractivity contribution < 1.29 is 29.3 Å². The summed E-state index contributed by atoms with van der Waals surface area (Å²) < 4.78 is 5.04. The number of ether oxygens (including phenoxy) is 1. The molecule has 1 aliphatic carbocycles. The van der Waals surface area contributed by atoms with E-state index in [-0.39, 0.29) is 19.5 Å². The third kappa shape index (κ3) is 2.87. The number of carboxylic acids is 1. The van der Waals surface area contributed by atoms with Gasteiger partial charge in [-0.25, -0.2) is 14.4 Å². The van der Waals surface area contributed by atoms with Gasteiger partial charge >= 0.3 is 18.2 Å². The zero-order chi connectivity index (χ0) is 21.5. The van der Waals surface area contributed by atoms with Gasteiger partial charge < -0.3 is 19.8 Å². The van der Waals surface area contributed by atoms with Gasteiger partial charge in [-0.3, -0.25) is 4.90 Å².